The van der Waals surface area contributed by atoms with E-state index >= 15 is 0 Å². The van der Waals surface area contributed by atoms with Gasteiger partial charge in [-0.3, -0.25) is 10.1 Å². The molecule has 0 atom stereocenters. The molecule has 0 radical (unpaired) electrons. The van der Waals surface area contributed by atoms with Crippen molar-refractivity contribution in [2.75, 3.05) is 25.1 Å². The molecule has 20 heavy (non-hydrogen) atoms. The molecule has 0 aromatic heterocycles. The van der Waals surface area contributed by atoms with Gasteiger partial charge in [-0.2, -0.15) is 0 Å². The average molecular weight is 284 g/mol. The lowest BCUT2D eigenvalue weighted by molar-refractivity contribution is -0.385. The van der Waals surface area contributed by atoms with E-state index in [0.717, 1.165) is 0 Å². The summed E-state index contributed by atoms with van der Waals surface area (Å²) in [5.41, 5.74) is -0.991. The van der Waals surface area contributed by atoms with Gasteiger partial charge in [0.2, 0.25) is 0 Å². The summed E-state index contributed by atoms with van der Waals surface area (Å²) in [6.45, 7) is 3.15. The normalized spacial score (nSPS) is 11.2. The van der Waals surface area contributed by atoms with E-state index in [4.69, 9.17) is 4.74 Å². The second-order valence-corrected chi connectivity index (χ2v) is 4.42. The van der Waals surface area contributed by atoms with Crippen LogP contribution in [-0.2, 0) is 0 Å². The monoisotopic (exact) mass is 284 g/mol. The van der Waals surface area contributed by atoms with Crippen LogP contribution < -0.4 is 10.1 Å². The highest BCUT2D eigenvalue weighted by Crippen LogP contribution is 2.36. The van der Waals surface area contributed by atoms with Crippen LogP contribution in [0.15, 0.2) is 18.2 Å². The zero-order valence-electron chi connectivity index (χ0n) is 11.6. The summed E-state index contributed by atoms with van der Waals surface area (Å²) in [6, 6.07) is 4.66. The van der Waals surface area contributed by atoms with Gasteiger partial charge in [-0.15, -0.1) is 0 Å². The molecule has 7 heteroatoms. The number of benzene rings is 1. The van der Waals surface area contributed by atoms with Gasteiger partial charge < -0.3 is 20.3 Å². The number of rotatable bonds is 8. The van der Waals surface area contributed by atoms with Gasteiger partial charge in [-0.05, 0) is 25.5 Å². The molecule has 112 valence electrons. The molecular formula is C13H20N2O5. The largest absolute Gasteiger partial charge is 0.487 e. The minimum atomic E-state index is -1.00. The SMILES string of the molecule is CCOc1cccc(NC(CC)(CO)CO)c1[N+](=O)[O-]. The quantitative estimate of drug-likeness (QED) is 0.494. The molecule has 7 nitrogen and oxygen atoms in total. The molecule has 1 rings (SSSR count). The van der Waals surface area contributed by atoms with E-state index in [0.29, 0.717) is 13.0 Å². The predicted octanol–water partition coefficient (Wildman–Crippen LogP) is 1.54. The molecule has 0 aliphatic heterocycles. The maximum Gasteiger partial charge on any atom is 0.333 e. The van der Waals surface area contributed by atoms with Crippen LogP contribution in [0.25, 0.3) is 0 Å². The number of hydrogen-bond acceptors (Lipinski definition) is 6. The Morgan fingerprint density at radius 1 is 1.35 bits per heavy atom. The number of hydrogen-bond donors (Lipinski definition) is 3. The van der Waals surface area contributed by atoms with Gasteiger partial charge in [0.15, 0.2) is 5.75 Å². The van der Waals surface area contributed by atoms with Crippen LogP contribution in [0.2, 0.25) is 0 Å². The number of para-hydroxylation sites is 1. The number of aliphatic hydroxyl groups is 2. The van der Waals surface area contributed by atoms with E-state index in [1.807, 2.05) is 0 Å². The highest BCUT2D eigenvalue weighted by Gasteiger charge is 2.30. The van der Waals surface area contributed by atoms with Crippen molar-refractivity contribution in [3.05, 3.63) is 28.3 Å². The molecule has 0 saturated carbocycles. The summed E-state index contributed by atoms with van der Waals surface area (Å²) in [5, 5.41) is 32.9. The summed E-state index contributed by atoms with van der Waals surface area (Å²) >= 11 is 0. The number of ether oxygens (including phenoxy) is 1. The lowest BCUT2D eigenvalue weighted by atomic mass is 9.97. The maximum absolute atomic E-state index is 11.2. The third kappa shape index (κ3) is 3.37. The highest BCUT2D eigenvalue weighted by atomic mass is 16.6. The number of anilines is 1. The minimum Gasteiger partial charge on any atom is -0.487 e. The predicted molar refractivity (Wildman–Crippen MR) is 75.1 cm³/mol. The fraction of sp³-hybridized carbons (Fsp3) is 0.538. The van der Waals surface area contributed by atoms with E-state index in [1.54, 1.807) is 19.9 Å². The molecule has 0 bridgehead atoms. The molecule has 1 aromatic carbocycles. The zero-order valence-corrected chi connectivity index (χ0v) is 11.6. The maximum atomic E-state index is 11.2. The van der Waals surface area contributed by atoms with Crippen LogP contribution in [-0.4, -0.2) is 40.5 Å². The molecule has 0 spiro atoms. The van der Waals surface area contributed by atoms with Crippen molar-refractivity contribution in [3.63, 3.8) is 0 Å². The van der Waals surface area contributed by atoms with Gasteiger partial charge in [-0.1, -0.05) is 13.0 Å². The Bertz CT molecular complexity index is 452. The van der Waals surface area contributed by atoms with Crippen molar-refractivity contribution in [1.29, 1.82) is 0 Å². The second-order valence-electron chi connectivity index (χ2n) is 4.42. The summed E-state index contributed by atoms with van der Waals surface area (Å²) in [7, 11) is 0. The molecule has 0 heterocycles. The molecule has 0 saturated heterocycles. The molecule has 3 N–H and O–H groups in total. The Hall–Kier alpha value is -1.86. The number of nitrogens with one attached hydrogen (secondary N) is 1. The zero-order chi connectivity index (χ0) is 15.2. The first-order chi connectivity index (χ1) is 9.53. The molecule has 0 amide bonds. The van der Waals surface area contributed by atoms with Crippen molar-refractivity contribution in [2.45, 2.75) is 25.8 Å². The summed E-state index contributed by atoms with van der Waals surface area (Å²) < 4.78 is 5.25. The van der Waals surface area contributed by atoms with Crippen molar-refractivity contribution in [2.24, 2.45) is 0 Å². The van der Waals surface area contributed by atoms with E-state index in [9.17, 15) is 20.3 Å². The Labute approximate surface area is 117 Å². The third-order valence-corrected chi connectivity index (χ3v) is 3.16. The van der Waals surface area contributed by atoms with Crippen LogP contribution in [0.1, 0.15) is 20.3 Å². The molecule has 0 aliphatic rings. The number of aliphatic hydroxyl groups excluding tert-OH is 2. The first-order valence-corrected chi connectivity index (χ1v) is 6.43. The van der Waals surface area contributed by atoms with Gasteiger partial charge in [0.1, 0.15) is 5.69 Å². The van der Waals surface area contributed by atoms with Crippen molar-refractivity contribution in [1.82, 2.24) is 0 Å². The first kappa shape index (κ1) is 16.2. The number of nitrogens with zero attached hydrogens (tertiary/aromatic N) is 1. The van der Waals surface area contributed by atoms with Gasteiger partial charge >= 0.3 is 5.69 Å². The first-order valence-electron chi connectivity index (χ1n) is 6.43. The van der Waals surface area contributed by atoms with Gasteiger partial charge in [-0.25, -0.2) is 0 Å². The van der Waals surface area contributed by atoms with Crippen LogP contribution >= 0.6 is 0 Å². The van der Waals surface area contributed by atoms with E-state index in [2.05, 4.69) is 5.32 Å². The molecule has 0 fully saturated rings. The van der Waals surface area contributed by atoms with Gasteiger partial charge in [0.25, 0.3) is 0 Å². The summed E-state index contributed by atoms with van der Waals surface area (Å²) in [4.78, 5) is 10.7. The topological polar surface area (TPSA) is 105 Å². The number of nitro benzene ring substituents is 1. The van der Waals surface area contributed by atoms with E-state index in [1.165, 1.54) is 12.1 Å². The molecular weight excluding hydrogens is 264 g/mol. The highest BCUT2D eigenvalue weighted by molar-refractivity contribution is 5.69. The molecule has 0 aliphatic carbocycles. The van der Waals surface area contributed by atoms with Crippen LogP contribution in [0, 0.1) is 10.1 Å². The Balaban J connectivity index is 3.23. The fourth-order valence-electron chi connectivity index (χ4n) is 1.81. The van der Waals surface area contributed by atoms with E-state index < -0.39 is 10.5 Å². The fourth-order valence-corrected chi connectivity index (χ4v) is 1.81. The van der Waals surface area contributed by atoms with Gasteiger partial charge in [0.05, 0.1) is 30.3 Å². The van der Waals surface area contributed by atoms with Gasteiger partial charge in [0, 0.05) is 0 Å². The summed E-state index contributed by atoms with van der Waals surface area (Å²) in [6.07, 6.45) is 0.413. The van der Waals surface area contributed by atoms with Crippen molar-refractivity contribution < 1.29 is 19.9 Å². The second kappa shape index (κ2) is 7.06. The minimum absolute atomic E-state index is 0.156. The lowest BCUT2D eigenvalue weighted by Gasteiger charge is -2.30. The Morgan fingerprint density at radius 2 is 2.00 bits per heavy atom. The standard InChI is InChI=1S/C13H20N2O5/c1-3-13(8-16,9-17)14-10-6-5-7-11(20-4-2)12(10)15(18)19/h5-7,14,16-17H,3-4,8-9H2,1-2H3. The third-order valence-electron chi connectivity index (χ3n) is 3.16. The van der Waals surface area contributed by atoms with Crippen molar-refractivity contribution >= 4 is 11.4 Å². The van der Waals surface area contributed by atoms with Crippen LogP contribution in [0.5, 0.6) is 5.75 Å². The average Bonchev–Trinajstić information content (AvgIpc) is 2.45. The lowest BCUT2D eigenvalue weighted by Crippen LogP contribution is -2.45. The smallest absolute Gasteiger partial charge is 0.333 e. The summed E-state index contributed by atoms with van der Waals surface area (Å²) in [5.74, 6) is 0.156. The van der Waals surface area contributed by atoms with Crippen LogP contribution in [0.3, 0.4) is 0 Å². The van der Waals surface area contributed by atoms with Crippen molar-refractivity contribution in [3.8, 4) is 5.75 Å². The molecule has 0 unspecified atom stereocenters. The Kier molecular flexibility index (Phi) is 5.72. The molecule has 1 aromatic rings. The van der Waals surface area contributed by atoms with E-state index in [-0.39, 0.29) is 30.3 Å². The number of nitro groups is 1. The Morgan fingerprint density at radius 3 is 2.45 bits per heavy atom. The van der Waals surface area contributed by atoms with Crippen LogP contribution in [0.4, 0.5) is 11.4 Å².